The van der Waals surface area contributed by atoms with Crippen molar-refractivity contribution in [2.24, 2.45) is 0 Å². The van der Waals surface area contributed by atoms with Crippen molar-refractivity contribution in [1.82, 2.24) is 0 Å². The van der Waals surface area contributed by atoms with Gasteiger partial charge in [0.25, 0.3) is 0 Å². The number of hydrogen-bond acceptors (Lipinski definition) is 6. The van der Waals surface area contributed by atoms with Crippen LogP contribution in [0.15, 0.2) is 134 Å². The quantitative estimate of drug-likeness (QED) is 0.0261. The van der Waals surface area contributed by atoms with Crippen LogP contribution in [0.2, 0.25) is 0 Å². The average Bonchev–Trinajstić information content (AvgIpc) is 3.41. The number of esters is 3. The van der Waals surface area contributed by atoms with Crippen molar-refractivity contribution >= 4 is 17.9 Å². The monoisotopic (exact) mass is 1040 g/mol. The van der Waals surface area contributed by atoms with Gasteiger partial charge in [0.05, 0.1) is 0 Å². The molecule has 0 aromatic carbocycles. The third kappa shape index (κ3) is 60.3. The van der Waals surface area contributed by atoms with Gasteiger partial charge >= 0.3 is 17.9 Å². The first-order valence-corrected chi connectivity index (χ1v) is 30.7. The van der Waals surface area contributed by atoms with Crippen molar-refractivity contribution in [2.75, 3.05) is 13.2 Å². The molecule has 0 saturated heterocycles. The van der Waals surface area contributed by atoms with Crippen LogP contribution in [-0.2, 0) is 28.6 Å². The van der Waals surface area contributed by atoms with Crippen LogP contribution in [0.3, 0.4) is 0 Å². The third-order valence-corrected chi connectivity index (χ3v) is 12.6. The van der Waals surface area contributed by atoms with Crippen molar-refractivity contribution < 1.29 is 28.6 Å². The summed E-state index contributed by atoms with van der Waals surface area (Å²) >= 11 is 0. The summed E-state index contributed by atoms with van der Waals surface area (Å²) in [6.45, 7) is 6.36. The molecule has 0 aliphatic rings. The third-order valence-electron chi connectivity index (χ3n) is 12.6. The van der Waals surface area contributed by atoms with E-state index in [2.05, 4.69) is 154 Å². The van der Waals surface area contributed by atoms with Gasteiger partial charge in [-0.3, -0.25) is 14.4 Å². The summed E-state index contributed by atoms with van der Waals surface area (Å²) in [5.74, 6) is -0.960. The summed E-state index contributed by atoms with van der Waals surface area (Å²) < 4.78 is 16.9. The molecule has 0 radical (unpaired) electrons. The van der Waals surface area contributed by atoms with Gasteiger partial charge in [-0.15, -0.1) is 0 Å². The number of allylic oxidation sites excluding steroid dienone is 22. The Morgan fingerprint density at radius 2 is 0.520 bits per heavy atom. The number of rotatable bonds is 54. The summed E-state index contributed by atoms with van der Waals surface area (Å²) in [5.41, 5.74) is 0. The Hall–Kier alpha value is -4.45. The van der Waals surface area contributed by atoms with Gasteiger partial charge in [-0.1, -0.05) is 244 Å². The van der Waals surface area contributed by atoms with E-state index in [9.17, 15) is 14.4 Å². The molecule has 0 rings (SSSR count). The molecule has 75 heavy (non-hydrogen) atoms. The highest BCUT2D eigenvalue weighted by Gasteiger charge is 2.19. The fraction of sp³-hybridized carbons (Fsp3) is 0.638. The standard InChI is InChI=1S/C69H112O6/c1-4-7-10-13-16-19-22-25-28-31-33-34-36-38-41-44-47-50-53-56-59-62-68(71)74-65-66(64-73-67(70)61-58-55-52-49-46-43-40-37-30-27-24-21-18-15-12-9-6-3)75-69(72)63-60-57-54-51-48-45-42-39-35-32-29-26-23-20-17-14-11-8-5-2/h8-9,11-12,17-18,20-22,25-27,29-31,33,35-36,38-39,45,48,66H,4-7,10,13-16,19,23-24,28,32,34,37,40-44,46-47,49-65H2,1-3H3/b11-8-,12-9-,20-17-,21-18-,25-22-,29-26-,30-27-,33-31-,38-36-,39-35-,48-45-. The second-order valence-corrected chi connectivity index (χ2v) is 19.8. The van der Waals surface area contributed by atoms with E-state index in [-0.39, 0.29) is 37.5 Å². The Kier molecular flexibility index (Phi) is 58.4. The molecule has 1 unspecified atom stereocenters. The van der Waals surface area contributed by atoms with Crippen LogP contribution in [0.1, 0.15) is 265 Å². The van der Waals surface area contributed by atoms with E-state index in [4.69, 9.17) is 14.2 Å². The number of unbranched alkanes of at least 4 members (excludes halogenated alkanes) is 21. The SMILES string of the molecule is CC/C=C\C/C=C\C/C=C\C/C=C\C/C=C\CCCCCC(=O)OC(COC(=O)CCCCCCCC/C=C\C/C=C\C/C=C\CCCCCCC)COC(=O)CCCCCCCCC/C=C\C/C=C\C/C=C\CC. The molecule has 0 bridgehead atoms. The molecular weight excluding hydrogens is 925 g/mol. The maximum Gasteiger partial charge on any atom is 0.306 e. The summed E-state index contributed by atoms with van der Waals surface area (Å²) in [5, 5.41) is 0. The molecule has 0 aromatic rings. The summed E-state index contributed by atoms with van der Waals surface area (Å²) in [4.78, 5) is 38.3. The second kappa shape index (κ2) is 62.1. The average molecular weight is 1040 g/mol. The highest BCUT2D eigenvalue weighted by molar-refractivity contribution is 5.71. The number of hydrogen-bond donors (Lipinski definition) is 0. The maximum atomic E-state index is 12.9. The zero-order chi connectivity index (χ0) is 54.3. The zero-order valence-corrected chi connectivity index (χ0v) is 48.5. The van der Waals surface area contributed by atoms with E-state index in [0.29, 0.717) is 19.3 Å². The smallest absolute Gasteiger partial charge is 0.306 e. The van der Waals surface area contributed by atoms with Gasteiger partial charge in [-0.25, -0.2) is 0 Å². The van der Waals surface area contributed by atoms with E-state index in [1.807, 2.05) is 0 Å². The first-order valence-electron chi connectivity index (χ1n) is 30.7. The fourth-order valence-corrected chi connectivity index (χ4v) is 8.08. The molecule has 0 aliphatic carbocycles. The minimum atomic E-state index is -0.812. The highest BCUT2D eigenvalue weighted by atomic mass is 16.6. The molecule has 0 spiro atoms. The molecule has 6 nitrogen and oxygen atoms in total. The van der Waals surface area contributed by atoms with Crippen LogP contribution in [0.25, 0.3) is 0 Å². The van der Waals surface area contributed by atoms with E-state index in [1.54, 1.807) is 0 Å². The molecule has 0 fully saturated rings. The van der Waals surface area contributed by atoms with Crippen LogP contribution >= 0.6 is 0 Å². The lowest BCUT2D eigenvalue weighted by Gasteiger charge is -2.18. The van der Waals surface area contributed by atoms with Gasteiger partial charge in [-0.2, -0.15) is 0 Å². The van der Waals surface area contributed by atoms with Crippen molar-refractivity contribution in [3.05, 3.63) is 134 Å². The van der Waals surface area contributed by atoms with Crippen LogP contribution in [0, 0.1) is 0 Å². The predicted molar refractivity (Wildman–Crippen MR) is 325 cm³/mol. The lowest BCUT2D eigenvalue weighted by atomic mass is 10.1. The van der Waals surface area contributed by atoms with Crippen LogP contribution < -0.4 is 0 Å². The molecule has 0 amide bonds. The van der Waals surface area contributed by atoms with Crippen LogP contribution in [0.4, 0.5) is 0 Å². The van der Waals surface area contributed by atoms with Crippen molar-refractivity contribution in [3.8, 4) is 0 Å². The minimum Gasteiger partial charge on any atom is -0.462 e. The van der Waals surface area contributed by atoms with Crippen molar-refractivity contribution in [1.29, 1.82) is 0 Å². The second-order valence-electron chi connectivity index (χ2n) is 19.8. The van der Waals surface area contributed by atoms with Crippen molar-refractivity contribution in [2.45, 2.75) is 271 Å². The summed E-state index contributed by atoms with van der Waals surface area (Å²) in [7, 11) is 0. The number of carbonyl (C=O) groups is 3. The summed E-state index contributed by atoms with van der Waals surface area (Å²) in [6.07, 6.45) is 87.3. The highest BCUT2D eigenvalue weighted by Crippen LogP contribution is 2.14. The lowest BCUT2D eigenvalue weighted by Crippen LogP contribution is -2.30. The normalized spacial score (nSPS) is 13.1. The molecule has 1 atom stereocenters. The molecular formula is C69H112O6. The Morgan fingerprint density at radius 3 is 0.827 bits per heavy atom. The molecule has 0 aliphatic heterocycles. The van der Waals surface area contributed by atoms with Crippen LogP contribution in [-0.4, -0.2) is 37.2 Å². The van der Waals surface area contributed by atoms with Gasteiger partial charge < -0.3 is 14.2 Å². The zero-order valence-electron chi connectivity index (χ0n) is 48.5. The van der Waals surface area contributed by atoms with Gasteiger partial charge in [0, 0.05) is 19.3 Å². The molecule has 424 valence electrons. The lowest BCUT2D eigenvalue weighted by molar-refractivity contribution is -0.167. The molecule has 6 heteroatoms. The Labute approximate surface area is 462 Å². The number of carbonyl (C=O) groups excluding carboxylic acids is 3. The molecule has 0 saturated carbocycles. The van der Waals surface area contributed by atoms with E-state index in [1.165, 1.54) is 77.0 Å². The van der Waals surface area contributed by atoms with Gasteiger partial charge in [-0.05, 0) is 135 Å². The Morgan fingerprint density at radius 1 is 0.280 bits per heavy atom. The Bertz CT molecular complexity index is 1620. The first kappa shape index (κ1) is 70.5. The number of ether oxygens (including phenoxy) is 3. The maximum absolute atomic E-state index is 12.9. The molecule has 0 heterocycles. The van der Waals surface area contributed by atoms with E-state index in [0.717, 1.165) is 141 Å². The van der Waals surface area contributed by atoms with Gasteiger partial charge in [0.2, 0.25) is 0 Å². The fourth-order valence-electron chi connectivity index (χ4n) is 8.08. The van der Waals surface area contributed by atoms with Crippen molar-refractivity contribution in [3.63, 3.8) is 0 Å². The Balaban J connectivity index is 4.51. The molecule has 0 N–H and O–H groups in total. The van der Waals surface area contributed by atoms with Crippen LogP contribution in [0.5, 0.6) is 0 Å². The van der Waals surface area contributed by atoms with E-state index >= 15 is 0 Å². The largest absolute Gasteiger partial charge is 0.462 e. The predicted octanol–water partition coefficient (Wildman–Crippen LogP) is 21.0. The molecule has 0 aromatic heterocycles. The van der Waals surface area contributed by atoms with Gasteiger partial charge in [0.15, 0.2) is 6.10 Å². The van der Waals surface area contributed by atoms with E-state index < -0.39 is 6.10 Å². The first-order chi connectivity index (χ1) is 37.0. The minimum absolute atomic E-state index is 0.105. The summed E-state index contributed by atoms with van der Waals surface area (Å²) in [6, 6.07) is 0. The topological polar surface area (TPSA) is 78.9 Å². The van der Waals surface area contributed by atoms with Gasteiger partial charge in [0.1, 0.15) is 13.2 Å².